The predicted molar refractivity (Wildman–Crippen MR) is 77.4 cm³/mol. The molecule has 2 N–H and O–H groups in total. The molecule has 2 heterocycles. The van der Waals surface area contributed by atoms with Gasteiger partial charge in [-0.05, 0) is 26.8 Å². The summed E-state index contributed by atoms with van der Waals surface area (Å²) in [4.78, 5) is 2.51. The van der Waals surface area contributed by atoms with Gasteiger partial charge in [-0.1, -0.05) is 17.7 Å². The number of benzene rings is 1. The molecule has 3 nitrogen and oxygen atoms in total. The quantitative estimate of drug-likeness (QED) is 0.843. The first-order valence-electron chi connectivity index (χ1n) is 7.31. The van der Waals surface area contributed by atoms with Gasteiger partial charge in [-0.3, -0.25) is 0 Å². The topological polar surface area (TPSA) is 38.5 Å². The molecule has 0 saturated carbocycles. The third-order valence-electron chi connectivity index (χ3n) is 4.76. The summed E-state index contributed by atoms with van der Waals surface area (Å²) in [6, 6.07) is 7.00. The van der Waals surface area contributed by atoms with Crippen LogP contribution >= 0.6 is 0 Å². The van der Waals surface area contributed by atoms with Crippen molar-refractivity contribution in [3.05, 3.63) is 29.3 Å². The molecule has 0 radical (unpaired) electrons. The Kier molecular flexibility index (Phi) is 3.06. The van der Waals surface area contributed by atoms with Crippen molar-refractivity contribution in [2.75, 3.05) is 13.1 Å². The van der Waals surface area contributed by atoms with Crippen LogP contribution in [0.3, 0.4) is 0 Å². The predicted octanol–water partition coefficient (Wildman–Crippen LogP) is 2.63. The van der Waals surface area contributed by atoms with Crippen LogP contribution in [0.2, 0.25) is 0 Å². The highest BCUT2D eigenvalue weighted by Gasteiger charge is 2.48. The average Bonchev–Trinajstić information content (AvgIpc) is 2.64. The van der Waals surface area contributed by atoms with E-state index < -0.39 is 0 Å². The summed E-state index contributed by atoms with van der Waals surface area (Å²) in [6.07, 6.45) is 2.06. The minimum atomic E-state index is -0.165. The zero-order chi connectivity index (χ0) is 13.6. The van der Waals surface area contributed by atoms with E-state index in [0.717, 1.165) is 31.7 Å². The Morgan fingerprint density at radius 2 is 2.00 bits per heavy atom. The summed E-state index contributed by atoms with van der Waals surface area (Å²) >= 11 is 0. The molecule has 0 amide bonds. The third kappa shape index (κ3) is 2.05. The van der Waals surface area contributed by atoms with E-state index in [1.54, 1.807) is 0 Å². The van der Waals surface area contributed by atoms with Gasteiger partial charge < -0.3 is 15.4 Å². The minimum Gasteiger partial charge on any atom is -0.485 e. The Hall–Kier alpha value is -1.06. The average molecular weight is 260 g/mol. The zero-order valence-electron chi connectivity index (χ0n) is 12.1. The van der Waals surface area contributed by atoms with Crippen molar-refractivity contribution >= 4 is 0 Å². The normalized spacial score (nSPS) is 25.6. The molecule has 0 unspecified atom stereocenters. The van der Waals surface area contributed by atoms with E-state index in [2.05, 4.69) is 43.9 Å². The van der Waals surface area contributed by atoms with E-state index in [-0.39, 0.29) is 11.6 Å². The van der Waals surface area contributed by atoms with Crippen LogP contribution in [0.4, 0.5) is 0 Å². The van der Waals surface area contributed by atoms with Crippen LogP contribution in [0.5, 0.6) is 5.75 Å². The second-order valence-electron chi connectivity index (χ2n) is 6.32. The number of fused-ring (bicyclic) bond motifs is 1. The lowest BCUT2D eigenvalue weighted by molar-refractivity contribution is -0.00690. The second-order valence-corrected chi connectivity index (χ2v) is 6.32. The number of hydrogen-bond donors (Lipinski definition) is 1. The van der Waals surface area contributed by atoms with Crippen molar-refractivity contribution in [1.29, 1.82) is 0 Å². The maximum absolute atomic E-state index is 6.50. The number of piperidine rings is 1. The van der Waals surface area contributed by atoms with Crippen LogP contribution in [0.25, 0.3) is 0 Å². The monoisotopic (exact) mass is 260 g/mol. The number of aryl methyl sites for hydroxylation is 1. The molecule has 1 aromatic rings. The van der Waals surface area contributed by atoms with Gasteiger partial charge in [0.1, 0.15) is 11.4 Å². The van der Waals surface area contributed by atoms with E-state index in [0.29, 0.717) is 6.04 Å². The Labute approximate surface area is 115 Å². The van der Waals surface area contributed by atoms with Gasteiger partial charge in [-0.2, -0.15) is 0 Å². The fourth-order valence-electron chi connectivity index (χ4n) is 3.40. The van der Waals surface area contributed by atoms with Crippen molar-refractivity contribution in [2.24, 2.45) is 5.73 Å². The van der Waals surface area contributed by atoms with Crippen LogP contribution in [0.15, 0.2) is 18.2 Å². The maximum atomic E-state index is 6.50. The van der Waals surface area contributed by atoms with Gasteiger partial charge in [0.15, 0.2) is 0 Å². The van der Waals surface area contributed by atoms with Crippen LogP contribution in [-0.4, -0.2) is 29.6 Å². The standard InChI is InChI=1S/C16H24N2O/c1-11(2)18-8-6-16(7-9-18)15(17)13-10-12(3)4-5-14(13)19-16/h4-5,10-11,15H,6-9,17H2,1-3H3/t15-/m0/s1. The number of ether oxygens (including phenoxy) is 1. The Bertz CT molecular complexity index is 476. The summed E-state index contributed by atoms with van der Waals surface area (Å²) in [5.41, 5.74) is 8.79. The first-order chi connectivity index (χ1) is 9.02. The van der Waals surface area contributed by atoms with E-state index >= 15 is 0 Å². The molecular weight excluding hydrogens is 236 g/mol. The summed E-state index contributed by atoms with van der Waals surface area (Å²) < 4.78 is 6.28. The maximum Gasteiger partial charge on any atom is 0.131 e. The highest BCUT2D eigenvalue weighted by Crippen LogP contribution is 2.47. The minimum absolute atomic E-state index is 0.0247. The van der Waals surface area contributed by atoms with Crippen LogP contribution in [0.1, 0.15) is 43.9 Å². The summed E-state index contributed by atoms with van der Waals surface area (Å²) in [6.45, 7) is 8.78. The molecule has 3 rings (SSSR count). The SMILES string of the molecule is Cc1ccc2c(c1)[C@H](N)C1(CCN(C(C)C)CC1)O2. The Morgan fingerprint density at radius 3 is 2.63 bits per heavy atom. The first kappa shape index (κ1) is 12.9. The van der Waals surface area contributed by atoms with Gasteiger partial charge in [-0.15, -0.1) is 0 Å². The number of hydrogen-bond acceptors (Lipinski definition) is 3. The molecule has 1 saturated heterocycles. The first-order valence-corrected chi connectivity index (χ1v) is 7.31. The van der Waals surface area contributed by atoms with Crippen LogP contribution < -0.4 is 10.5 Å². The smallest absolute Gasteiger partial charge is 0.131 e. The highest BCUT2D eigenvalue weighted by atomic mass is 16.5. The second kappa shape index (κ2) is 4.50. The fourth-order valence-corrected chi connectivity index (χ4v) is 3.40. The zero-order valence-corrected chi connectivity index (χ0v) is 12.1. The lowest BCUT2D eigenvalue weighted by atomic mass is 9.82. The van der Waals surface area contributed by atoms with Crippen molar-refractivity contribution in [2.45, 2.75) is 51.3 Å². The molecule has 104 valence electrons. The van der Waals surface area contributed by atoms with E-state index in [1.165, 1.54) is 11.1 Å². The van der Waals surface area contributed by atoms with Crippen molar-refractivity contribution in [1.82, 2.24) is 4.90 Å². The molecule has 0 aromatic heterocycles. The molecule has 19 heavy (non-hydrogen) atoms. The molecule has 1 aromatic carbocycles. The molecule has 0 aliphatic carbocycles. The fraction of sp³-hybridized carbons (Fsp3) is 0.625. The molecule has 3 heteroatoms. The van der Waals surface area contributed by atoms with Gasteiger partial charge in [0.2, 0.25) is 0 Å². The van der Waals surface area contributed by atoms with Crippen molar-refractivity contribution < 1.29 is 4.74 Å². The van der Waals surface area contributed by atoms with E-state index in [1.807, 2.05) is 0 Å². The molecule has 1 fully saturated rings. The highest BCUT2D eigenvalue weighted by molar-refractivity contribution is 5.45. The number of nitrogens with two attached hydrogens (primary N) is 1. The van der Waals surface area contributed by atoms with E-state index in [4.69, 9.17) is 10.5 Å². The van der Waals surface area contributed by atoms with Crippen molar-refractivity contribution in [3.63, 3.8) is 0 Å². The summed E-state index contributed by atoms with van der Waals surface area (Å²) in [5, 5.41) is 0. The Balaban J connectivity index is 1.82. The molecule has 2 aliphatic rings. The van der Waals surface area contributed by atoms with Gasteiger partial charge in [0.05, 0.1) is 6.04 Å². The molecular formula is C16H24N2O. The molecule has 0 bridgehead atoms. The largest absolute Gasteiger partial charge is 0.485 e. The number of likely N-dealkylation sites (tertiary alicyclic amines) is 1. The molecule has 2 aliphatic heterocycles. The summed E-state index contributed by atoms with van der Waals surface area (Å²) in [5.74, 6) is 0.996. The molecule has 1 atom stereocenters. The van der Waals surface area contributed by atoms with Crippen LogP contribution in [0, 0.1) is 6.92 Å². The van der Waals surface area contributed by atoms with Gasteiger partial charge in [0.25, 0.3) is 0 Å². The third-order valence-corrected chi connectivity index (χ3v) is 4.76. The van der Waals surface area contributed by atoms with Gasteiger partial charge in [0, 0.05) is 37.5 Å². The lowest BCUT2D eigenvalue weighted by Crippen LogP contribution is -2.52. The summed E-state index contributed by atoms with van der Waals surface area (Å²) in [7, 11) is 0. The molecule has 1 spiro atoms. The lowest BCUT2D eigenvalue weighted by Gasteiger charge is -2.42. The van der Waals surface area contributed by atoms with Crippen molar-refractivity contribution in [3.8, 4) is 5.75 Å². The van der Waals surface area contributed by atoms with Crippen LogP contribution in [-0.2, 0) is 0 Å². The van der Waals surface area contributed by atoms with Gasteiger partial charge >= 0.3 is 0 Å². The Morgan fingerprint density at radius 1 is 1.32 bits per heavy atom. The number of nitrogens with zero attached hydrogens (tertiary/aromatic N) is 1. The van der Waals surface area contributed by atoms with E-state index in [9.17, 15) is 0 Å². The van der Waals surface area contributed by atoms with Gasteiger partial charge in [-0.25, -0.2) is 0 Å². The number of rotatable bonds is 1.